The summed E-state index contributed by atoms with van der Waals surface area (Å²) >= 11 is 3.38. The number of carbonyl (C=O) groups is 2. The first-order chi connectivity index (χ1) is 10.6. The first-order valence-electron chi connectivity index (χ1n) is 6.89. The third-order valence-electron chi connectivity index (χ3n) is 3.24. The lowest BCUT2D eigenvalue weighted by molar-refractivity contribution is -0.107. The van der Waals surface area contributed by atoms with Crippen LogP contribution in [0.25, 0.3) is 5.70 Å². The highest BCUT2D eigenvalue weighted by Gasteiger charge is 2.19. The maximum absolute atomic E-state index is 12.7. The molecule has 0 saturated carbocycles. The number of amides is 1. The molecule has 2 aromatic carbocycles. The van der Waals surface area contributed by atoms with Gasteiger partial charge in [-0.2, -0.15) is 0 Å². The van der Waals surface area contributed by atoms with Crippen LogP contribution >= 0.6 is 15.9 Å². The summed E-state index contributed by atoms with van der Waals surface area (Å²) in [5, 5.41) is 0. The standard InChI is InChI=1S/C18H16BrNO2/c1-14(15-8-10-17(19)11-9-15)20(12-5-13-21)18(22)16-6-3-2-4-7-16/h2-4,6-11,13H,1,5,12H2. The fraction of sp³-hybridized carbons (Fsp3) is 0.111. The molecule has 0 fully saturated rings. The summed E-state index contributed by atoms with van der Waals surface area (Å²) in [5.74, 6) is -0.157. The summed E-state index contributed by atoms with van der Waals surface area (Å²) in [6, 6.07) is 16.6. The van der Waals surface area contributed by atoms with Crippen molar-refractivity contribution in [3.05, 3.63) is 76.8 Å². The molecule has 0 aliphatic carbocycles. The smallest absolute Gasteiger partial charge is 0.258 e. The van der Waals surface area contributed by atoms with Gasteiger partial charge < -0.3 is 9.69 Å². The molecule has 0 aliphatic rings. The van der Waals surface area contributed by atoms with Gasteiger partial charge in [-0.1, -0.05) is 52.8 Å². The van der Waals surface area contributed by atoms with Gasteiger partial charge >= 0.3 is 0 Å². The Kier molecular flexibility index (Phi) is 5.67. The second-order valence-corrected chi connectivity index (χ2v) is 5.65. The van der Waals surface area contributed by atoms with Gasteiger partial charge in [0.05, 0.1) is 0 Å². The van der Waals surface area contributed by atoms with Crippen LogP contribution in [0.3, 0.4) is 0 Å². The fourth-order valence-corrected chi connectivity index (χ4v) is 2.34. The first-order valence-corrected chi connectivity index (χ1v) is 7.68. The van der Waals surface area contributed by atoms with Gasteiger partial charge in [0.1, 0.15) is 6.29 Å². The van der Waals surface area contributed by atoms with Crippen molar-refractivity contribution in [3.8, 4) is 0 Å². The van der Waals surface area contributed by atoms with Gasteiger partial charge in [-0.05, 0) is 29.8 Å². The Morgan fingerprint density at radius 2 is 1.68 bits per heavy atom. The molecule has 4 heteroatoms. The van der Waals surface area contributed by atoms with Gasteiger partial charge in [-0.25, -0.2) is 0 Å². The van der Waals surface area contributed by atoms with E-state index in [1.165, 1.54) is 0 Å². The number of hydrogen-bond donors (Lipinski definition) is 0. The molecule has 0 aromatic heterocycles. The molecule has 0 N–H and O–H groups in total. The topological polar surface area (TPSA) is 37.4 Å². The van der Waals surface area contributed by atoms with E-state index in [1.807, 2.05) is 42.5 Å². The van der Waals surface area contributed by atoms with Crippen molar-refractivity contribution in [2.45, 2.75) is 6.42 Å². The lowest BCUT2D eigenvalue weighted by Gasteiger charge is -2.24. The van der Waals surface area contributed by atoms with Gasteiger partial charge in [0.2, 0.25) is 0 Å². The van der Waals surface area contributed by atoms with Gasteiger partial charge in [-0.15, -0.1) is 0 Å². The average molecular weight is 358 g/mol. The van der Waals surface area contributed by atoms with Crippen LogP contribution in [0.1, 0.15) is 22.3 Å². The Bertz CT molecular complexity index is 665. The van der Waals surface area contributed by atoms with Crippen molar-refractivity contribution in [2.75, 3.05) is 6.54 Å². The van der Waals surface area contributed by atoms with Gasteiger partial charge in [-0.3, -0.25) is 4.79 Å². The highest BCUT2D eigenvalue weighted by Crippen LogP contribution is 2.22. The van der Waals surface area contributed by atoms with Crippen molar-refractivity contribution in [2.24, 2.45) is 0 Å². The summed E-state index contributed by atoms with van der Waals surface area (Å²) in [6.45, 7) is 4.34. The molecule has 2 rings (SSSR count). The van der Waals surface area contributed by atoms with E-state index in [2.05, 4.69) is 22.5 Å². The van der Waals surface area contributed by atoms with E-state index >= 15 is 0 Å². The fourth-order valence-electron chi connectivity index (χ4n) is 2.08. The Morgan fingerprint density at radius 3 is 2.27 bits per heavy atom. The highest BCUT2D eigenvalue weighted by atomic mass is 79.9. The summed E-state index contributed by atoms with van der Waals surface area (Å²) in [5.41, 5.74) is 2.01. The lowest BCUT2D eigenvalue weighted by atomic mass is 10.1. The predicted molar refractivity (Wildman–Crippen MR) is 91.3 cm³/mol. The summed E-state index contributed by atoms with van der Waals surface area (Å²) < 4.78 is 0.956. The number of nitrogens with zero attached hydrogens (tertiary/aromatic N) is 1. The van der Waals surface area contributed by atoms with Crippen molar-refractivity contribution in [3.63, 3.8) is 0 Å². The second-order valence-electron chi connectivity index (χ2n) is 4.73. The van der Waals surface area contributed by atoms with Crippen LogP contribution < -0.4 is 0 Å². The molecular weight excluding hydrogens is 342 g/mol. The van der Waals surface area contributed by atoms with Crippen molar-refractivity contribution in [1.82, 2.24) is 4.90 Å². The minimum absolute atomic E-state index is 0.157. The Morgan fingerprint density at radius 1 is 1.05 bits per heavy atom. The number of hydrogen-bond acceptors (Lipinski definition) is 2. The number of halogens is 1. The molecule has 3 nitrogen and oxygen atoms in total. The van der Waals surface area contributed by atoms with Crippen molar-refractivity contribution in [1.29, 1.82) is 0 Å². The van der Waals surface area contributed by atoms with E-state index in [-0.39, 0.29) is 12.3 Å². The molecule has 22 heavy (non-hydrogen) atoms. The van der Waals surface area contributed by atoms with Crippen LogP contribution in [-0.2, 0) is 4.79 Å². The SMILES string of the molecule is C=C(c1ccc(Br)cc1)N(CCC=O)C(=O)c1ccccc1. The maximum atomic E-state index is 12.7. The third-order valence-corrected chi connectivity index (χ3v) is 3.77. The van der Waals surface area contributed by atoms with Gasteiger partial charge in [0.25, 0.3) is 5.91 Å². The van der Waals surface area contributed by atoms with Crippen LogP contribution in [0.4, 0.5) is 0 Å². The van der Waals surface area contributed by atoms with Crippen LogP contribution in [-0.4, -0.2) is 23.6 Å². The van der Waals surface area contributed by atoms with Crippen molar-refractivity contribution < 1.29 is 9.59 Å². The Hall–Kier alpha value is -2.20. The third kappa shape index (κ3) is 3.92. The molecule has 0 spiro atoms. The molecule has 0 bridgehead atoms. The number of aldehydes is 1. The van der Waals surface area contributed by atoms with Gasteiger partial charge in [0, 0.05) is 28.7 Å². The van der Waals surface area contributed by atoms with Crippen LogP contribution in [0.15, 0.2) is 65.6 Å². The largest absolute Gasteiger partial charge is 0.308 e. The van der Waals surface area contributed by atoms with Crippen LogP contribution in [0, 0.1) is 0 Å². The van der Waals surface area contributed by atoms with Crippen molar-refractivity contribution >= 4 is 33.8 Å². The molecule has 1 amide bonds. The van der Waals surface area contributed by atoms with E-state index in [0.29, 0.717) is 17.8 Å². The van der Waals surface area contributed by atoms with Crippen LogP contribution in [0.5, 0.6) is 0 Å². The Labute approximate surface area is 138 Å². The zero-order valence-corrected chi connectivity index (χ0v) is 13.6. The quantitative estimate of drug-likeness (QED) is 0.728. The monoisotopic (exact) mass is 357 g/mol. The number of rotatable bonds is 6. The molecular formula is C18H16BrNO2. The summed E-state index contributed by atoms with van der Waals surface area (Å²) in [6.07, 6.45) is 1.08. The molecule has 0 radical (unpaired) electrons. The summed E-state index contributed by atoms with van der Waals surface area (Å²) in [4.78, 5) is 24.9. The molecule has 0 saturated heterocycles. The van der Waals surface area contributed by atoms with E-state index in [1.54, 1.807) is 17.0 Å². The second kappa shape index (κ2) is 7.71. The van der Waals surface area contributed by atoms with E-state index < -0.39 is 0 Å². The van der Waals surface area contributed by atoms with E-state index in [4.69, 9.17) is 0 Å². The molecule has 0 unspecified atom stereocenters. The first kappa shape index (κ1) is 16.2. The molecule has 0 heterocycles. The Balaban J connectivity index is 2.29. The predicted octanol–water partition coefficient (Wildman–Crippen LogP) is 4.15. The molecule has 0 aliphatic heterocycles. The highest BCUT2D eigenvalue weighted by molar-refractivity contribution is 9.10. The molecule has 2 aromatic rings. The average Bonchev–Trinajstić information content (AvgIpc) is 2.56. The van der Waals surface area contributed by atoms with Crippen LogP contribution in [0.2, 0.25) is 0 Å². The molecule has 112 valence electrons. The minimum atomic E-state index is -0.157. The molecule has 0 atom stereocenters. The number of benzene rings is 2. The lowest BCUT2D eigenvalue weighted by Crippen LogP contribution is -2.30. The number of carbonyl (C=O) groups excluding carboxylic acids is 2. The zero-order chi connectivity index (χ0) is 15.9. The van der Waals surface area contributed by atoms with E-state index in [0.717, 1.165) is 16.3 Å². The van der Waals surface area contributed by atoms with Gasteiger partial charge in [0.15, 0.2) is 0 Å². The zero-order valence-electron chi connectivity index (χ0n) is 12.0. The normalized spacial score (nSPS) is 10.0. The maximum Gasteiger partial charge on any atom is 0.258 e. The minimum Gasteiger partial charge on any atom is -0.308 e. The van der Waals surface area contributed by atoms with E-state index in [9.17, 15) is 9.59 Å². The summed E-state index contributed by atoms with van der Waals surface area (Å²) in [7, 11) is 0.